The Balaban J connectivity index is 1.79. The number of hydrogen-bond donors (Lipinski definition) is 4. The van der Waals surface area contributed by atoms with Gasteiger partial charge in [0.15, 0.2) is 6.29 Å². The summed E-state index contributed by atoms with van der Waals surface area (Å²) in [6.07, 6.45) is 0.532. The molecule has 7 nitrogen and oxygen atoms in total. The van der Waals surface area contributed by atoms with Crippen molar-refractivity contribution in [2.45, 2.75) is 89.7 Å². The zero-order valence-electron chi connectivity index (χ0n) is 19.3. The highest BCUT2D eigenvalue weighted by atomic mass is 16.7. The van der Waals surface area contributed by atoms with E-state index >= 15 is 0 Å². The normalized spacial score (nSPS) is 35.9. The largest absolute Gasteiger partial charge is 0.487 e. The Kier molecular flexibility index (Phi) is 6.58. The lowest BCUT2D eigenvalue weighted by atomic mass is 9.68. The molecular formula is C25H36O7. The molecule has 1 saturated heterocycles. The van der Waals surface area contributed by atoms with Gasteiger partial charge in [0.25, 0.3) is 0 Å². The molecule has 0 saturated carbocycles. The van der Waals surface area contributed by atoms with Crippen LogP contribution in [0.25, 0.3) is 0 Å². The molecule has 1 fully saturated rings. The molecule has 7 atom stereocenters. The maximum Gasteiger partial charge on any atom is 0.210 e. The smallest absolute Gasteiger partial charge is 0.210 e. The van der Waals surface area contributed by atoms with Gasteiger partial charge in [-0.3, -0.25) is 0 Å². The molecule has 0 radical (unpaired) electrons. The zero-order chi connectivity index (χ0) is 23.2. The van der Waals surface area contributed by atoms with Crippen molar-refractivity contribution >= 4 is 0 Å². The molecule has 0 amide bonds. The topological polar surface area (TPSA) is 109 Å². The van der Waals surface area contributed by atoms with Crippen LogP contribution in [0.1, 0.15) is 64.0 Å². The van der Waals surface area contributed by atoms with Gasteiger partial charge in [0.2, 0.25) is 6.29 Å². The quantitative estimate of drug-likeness (QED) is 0.513. The molecule has 0 bridgehead atoms. The van der Waals surface area contributed by atoms with E-state index in [1.165, 1.54) is 5.57 Å². The van der Waals surface area contributed by atoms with Crippen molar-refractivity contribution in [2.75, 3.05) is 6.61 Å². The number of fused-ring (bicyclic) bond motifs is 3. The van der Waals surface area contributed by atoms with E-state index in [0.717, 1.165) is 42.6 Å². The summed E-state index contributed by atoms with van der Waals surface area (Å²) >= 11 is 0. The van der Waals surface area contributed by atoms with Gasteiger partial charge >= 0.3 is 0 Å². The van der Waals surface area contributed by atoms with Crippen LogP contribution in [0.3, 0.4) is 0 Å². The van der Waals surface area contributed by atoms with E-state index in [9.17, 15) is 20.4 Å². The summed E-state index contributed by atoms with van der Waals surface area (Å²) in [5.74, 6) is 0.823. The summed E-state index contributed by atoms with van der Waals surface area (Å²) in [6.45, 7) is 8.06. The second-order valence-corrected chi connectivity index (χ2v) is 9.99. The first-order valence-electron chi connectivity index (χ1n) is 11.7. The molecule has 1 aromatic rings. The molecule has 4 N–H and O–H groups in total. The molecule has 1 aliphatic carbocycles. The number of rotatable bonds is 5. The molecule has 2 heterocycles. The average Bonchev–Trinajstić information content (AvgIpc) is 2.71. The van der Waals surface area contributed by atoms with E-state index in [1.807, 2.05) is 6.07 Å². The Morgan fingerprint density at radius 3 is 2.59 bits per heavy atom. The van der Waals surface area contributed by atoms with Gasteiger partial charge in [-0.15, -0.1) is 0 Å². The summed E-state index contributed by atoms with van der Waals surface area (Å²) < 4.78 is 18.3. The average molecular weight is 449 g/mol. The van der Waals surface area contributed by atoms with Crippen LogP contribution in [0, 0.1) is 11.8 Å². The first-order chi connectivity index (χ1) is 15.2. The fourth-order valence-corrected chi connectivity index (χ4v) is 5.43. The second kappa shape index (κ2) is 8.95. The van der Waals surface area contributed by atoms with Gasteiger partial charge in [0, 0.05) is 17.4 Å². The molecule has 0 aromatic heterocycles. The number of benzene rings is 1. The molecule has 32 heavy (non-hydrogen) atoms. The van der Waals surface area contributed by atoms with Gasteiger partial charge < -0.3 is 34.6 Å². The zero-order valence-corrected chi connectivity index (χ0v) is 19.3. The highest BCUT2D eigenvalue weighted by Gasteiger charge is 2.48. The number of aryl methyl sites for hydroxylation is 1. The van der Waals surface area contributed by atoms with Gasteiger partial charge in [-0.05, 0) is 57.7 Å². The van der Waals surface area contributed by atoms with Crippen LogP contribution in [-0.4, -0.2) is 57.4 Å². The molecule has 0 spiro atoms. The number of aliphatic hydroxyl groups excluding tert-OH is 4. The lowest BCUT2D eigenvalue weighted by molar-refractivity contribution is -0.313. The third kappa shape index (κ3) is 4.17. The van der Waals surface area contributed by atoms with Gasteiger partial charge in [0.05, 0.1) is 18.6 Å². The van der Waals surface area contributed by atoms with Crippen LogP contribution in [0.4, 0.5) is 0 Å². The lowest BCUT2D eigenvalue weighted by Gasteiger charge is -2.47. The van der Waals surface area contributed by atoms with Crippen LogP contribution in [0.5, 0.6) is 11.5 Å². The van der Waals surface area contributed by atoms with Crippen LogP contribution < -0.4 is 9.47 Å². The second-order valence-electron chi connectivity index (χ2n) is 9.99. The molecular weight excluding hydrogens is 412 g/mol. The SMILES string of the molecule is CCCc1cc(O[C@H]2O[C@H](O)[C@@H](O)[C@H](O)[C@H]2CO)c2c(c1)OC(C)(C)C1CCC(C)=CC21. The van der Waals surface area contributed by atoms with Gasteiger partial charge in [-0.1, -0.05) is 25.0 Å². The van der Waals surface area contributed by atoms with Crippen molar-refractivity contribution in [3.63, 3.8) is 0 Å². The maximum atomic E-state index is 10.4. The molecule has 2 aliphatic heterocycles. The summed E-state index contributed by atoms with van der Waals surface area (Å²) in [5.41, 5.74) is 2.99. The van der Waals surface area contributed by atoms with Crippen LogP contribution in [0.15, 0.2) is 23.8 Å². The van der Waals surface area contributed by atoms with E-state index in [4.69, 9.17) is 14.2 Å². The predicted octanol–water partition coefficient (Wildman–Crippen LogP) is 2.63. The molecule has 7 heteroatoms. The van der Waals surface area contributed by atoms with E-state index < -0.39 is 37.3 Å². The van der Waals surface area contributed by atoms with Gasteiger partial charge in [-0.2, -0.15) is 0 Å². The standard InChI is InChI=1S/C25H36O7/c1-5-6-14-10-18(30-24-16(12-26)21(27)22(28)23(29)31-24)20-15-9-13(2)7-8-17(15)25(3,4)32-19(20)11-14/h9-11,15-17,21-24,26-29H,5-8,12H2,1-4H3/t15?,16-,17?,21-,22+,23+,24+/m1/s1. The summed E-state index contributed by atoms with van der Waals surface area (Å²) in [5, 5.41) is 40.2. The maximum absolute atomic E-state index is 10.4. The Labute approximate surface area is 189 Å². The molecule has 2 unspecified atom stereocenters. The predicted molar refractivity (Wildman–Crippen MR) is 118 cm³/mol. The minimum atomic E-state index is -1.60. The number of allylic oxidation sites excluding steroid dienone is 2. The van der Waals surface area contributed by atoms with E-state index in [0.29, 0.717) is 5.75 Å². The fourth-order valence-electron chi connectivity index (χ4n) is 5.43. The van der Waals surface area contributed by atoms with Crippen LogP contribution in [-0.2, 0) is 11.2 Å². The minimum Gasteiger partial charge on any atom is -0.487 e. The Hall–Kier alpha value is -1.64. The molecule has 1 aromatic carbocycles. The molecule has 4 rings (SSSR count). The van der Waals surface area contributed by atoms with Crippen molar-refractivity contribution in [3.8, 4) is 11.5 Å². The summed E-state index contributed by atoms with van der Waals surface area (Å²) in [6, 6.07) is 4.06. The Bertz CT molecular complexity index is 864. The third-order valence-electron chi connectivity index (χ3n) is 7.21. The third-order valence-corrected chi connectivity index (χ3v) is 7.21. The van der Waals surface area contributed by atoms with Crippen LogP contribution in [0.2, 0.25) is 0 Å². The van der Waals surface area contributed by atoms with Crippen molar-refractivity contribution in [1.29, 1.82) is 0 Å². The van der Waals surface area contributed by atoms with Gasteiger partial charge in [-0.25, -0.2) is 0 Å². The monoisotopic (exact) mass is 448 g/mol. The van der Waals surface area contributed by atoms with Crippen LogP contribution >= 0.6 is 0 Å². The van der Waals surface area contributed by atoms with Crippen molar-refractivity contribution in [3.05, 3.63) is 34.9 Å². The molecule has 178 valence electrons. The van der Waals surface area contributed by atoms with Gasteiger partial charge in [0.1, 0.15) is 23.2 Å². The first kappa shape index (κ1) is 23.5. The first-order valence-corrected chi connectivity index (χ1v) is 11.7. The molecule has 3 aliphatic rings. The number of ether oxygens (including phenoxy) is 3. The minimum absolute atomic E-state index is 0.102. The Morgan fingerprint density at radius 1 is 1.16 bits per heavy atom. The number of aliphatic hydroxyl groups is 4. The van der Waals surface area contributed by atoms with E-state index in [-0.39, 0.29) is 17.4 Å². The summed E-state index contributed by atoms with van der Waals surface area (Å²) in [7, 11) is 0. The van der Waals surface area contributed by atoms with Crippen molar-refractivity contribution in [2.24, 2.45) is 11.8 Å². The highest BCUT2D eigenvalue weighted by molar-refractivity contribution is 5.54. The van der Waals surface area contributed by atoms with E-state index in [2.05, 4.69) is 39.8 Å². The highest BCUT2D eigenvalue weighted by Crippen LogP contribution is 2.54. The van der Waals surface area contributed by atoms with Crippen molar-refractivity contribution in [1.82, 2.24) is 0 Å². The fraction of sp³-hybridized carbons (Fsp3) is 0.680. The lowest BCUT2D eigenvalue weighted by Crippen LogP contribution is -2.57. The van der Waals surface area contributed by atoms with Crippen molar-refractivity contribution < 1.29 is 34.6 Å². The number of hydrogen-bond acceptors (Lipinski definition) is 7. The van der Waals surface area contributed by atoms with E-state index in [1.54, 1.807) is 0 Å². The Morgan fingerprint density at radius 2 is 1.91 bits per heavy atom. The summed E-state index contributed by atoms with van der Waals surface area (Å²) in [4.78, 5) is 0.